The molecule has 0 aliphatic rings. The summed E-state index contributed by atoms with van der Waals surface area (Å²) >= 11 is 0. The summed E-state index contributed by atoms with van der Waals surface area (Å²) in [6.07, 6.45) is 1.73. The van der Waals surface area contributed by atoms with Crippen molar-refractivity contribution in [3.63, 3.8) is 0 Å². The molecule has 2 aromatic rings. The van der Waals surface area contributed by atoms with Crippen LogP contribution >= 0.6 is 24.0 Å². The van der Waals surface area contributed by atoms with Crippen molar-refractivity contribution in [2.75, 3.05) is 13.7 Å². The van der Waals surface area contributed by atoms with Crippen LogP contribution < -0.4 is 15.4 Å². The molecule has 24 heavy (non-hydrogen) atoms. The highest BCUT2D eigenvalue weighted by Gasteiger charge is 2.04. The minimum Gasteiger partial charge on any atom is -0.497 e. The Hall–Kier alpha value is -1.84. The monoisotopic (exact) mass is 444 g/mol. The molecule has 0 amide bonds. The van der Waals surface area contributed by atoms with Crippen LogP contribution in [0.4, 0.5) is 0 Å². The van der Waals surface area contributed by atoms with Crippen LogP contribution in [0.15, 0.2) is 35.6 Å². The predicted octanol–water partition coefficient (Wildman–Crippen LogP) is 2.18. The highest BCUT2D eigenvalue weighted by molar-refractivity contribution is 14.0. The van der Waals surface area contributed by atoms with E-state index < -0.39 is 0 Å². The number of nitrogens with zero attached hydrogens (tertiary/aromatic N) is 4. The van der Waals surface area contributed by atoms with Crippen LogP contribution in [-0.4, -0.2) is 34.4 Å². The van der Waals surface area contributed by atoms with Crippen molar-refractivity contribution in [3.8, 4) is 5.75 Å². The number of nitrogens with one attached hydrogen (secondary N) is 2. The third kappa shape index (κ3) is 5.99. The van der Waals surface area contributed by atoms with E-state index in [-0.39, 0.29) is 24.0 Å². The first-order chi connectivity index (χ1) is 11.3. The fourth-order valence-electron chi connectivity index (χ4n) is 2.09. The first kappa shape index (κ1) is 20.2. The van der Waals surface area contributed by atoms with Gasteiger partial charge in [-0.1, -0.05) is 12.1 Å². The van der Waals surface area contributed by atoms with Gasteiger partial charge >= 0.3 is 0 Å². The second-order valence-corrected chi connectivity index (χ2v) is 4.93. The van der Waals surface area contributed by atoms with Gasteiger partial charge in [0, 0.05) is 13.1 Å². The highest BCUT2D eigenvalue weighted by atomic mass is 127. The first-order valence-corrected chi connectivity index (χ1v) is 7.78. The largest absolute Gasteiger partial charge is 0.497 e. The Kier molecular flexibility index (Phi) is 9.13. The molecule has 0 fully saturated rings. The standard InChI is InChI=1S/C16H24N6O.HI/c1-4-17-16(19-11-15-21-20-12-22(15)5-2)18-10-13-6-8-14(23-3)9-7-13;/h6-9,12H,4-5,10-11H2,1-3H3,(H2,17,18,19);1H. The van der Waals surface area contributed by atoms with E-state index >= 15 is 0 Å². The molecule has 132 valence electrons. The van der Waals surface area contributed by atoms with Crippen molar-refractivity contribution in [2.45, 2.75) is 33.5 Å². The third-order valence-electron chi connectivity index (χ3n) is 3.37. The minimum atomic E-state index is 0. The van der Waals surface area contributed by atoms with E-state index in [1.807, 2.05) is 35.8 Å². The van der Waals surface area contributed by atoms with E-state index in [4.69, 9.17) is 4.74 Å². The number of ether oxygens (including phenoxy) is 1. The molecule has 0 saturated carbocycles. The predicted molar refractivity (Wildman–Crippen MR) is 106 cm³/mol. The Morgan fingerprint density at radius 1 is 1.21 bits per heavy atom. The highest BCUT2D eigenvalue weighted by Crippen LogP contribution is 2.11. The summed E-state index contributed by atoms with van der Waals surface area (Å²) in [5.74, 6) is 2.50. The van der Waals surface area contributed by atoms with Crippen molar-refractivity contribution >= 4 is 29.9 Å². The van der Waals surface area contributed by atoms with Gasteiger partial charge in [0.15, 0.2) is 11.8 Å². The molecule has 2 rings (SSSR count). The first-order valence-electron chi connectivity index (χ1n) is 7.78. The summed E-state index contributed by atoms with van der Waals surface area (Å²) in [5, 5.41) is 14.6. The summed E-state index contributed by atoms with van der Waals surface area (Å²) in [4.78, 5) is 4.59. The zero-order valence-electron chi connectivity index (χ0n) is 14.3. The van der Waals surface area contributed by atoms with E-state index in [2.05, 4.69) is 32.7 Å². The minimum absolute atomic E-state index is 0. The number of aromatic nitrogens is 3. The van der Waals surface area contributed by atoms with Gasteiger partial charge in [-0.15, -0.1) is 34.2 Å². The summed E-state index contributed by atoms with van der Waals surface area (Å²) in [6.45, 7) is 6.94. The molecule has 8 heteroatoms. The van der Waals surface area contributed by atoms with E-state index in [0.717, 1.165) is 36.2 Å². The quantitative estimate of drug-likeness (QED) is 0.389. The molecule has 2 N–H and O–H groups in total. The number of hydrogen-bond acceptors (Lipinski definition) is 4. The molecule has 0 radical (unpaired) electrons. The maximum absolute atomic E-state index is 5.16. The number of methoxy groups -OCH3 is 1. The maximum Gasteiger partial charge on any atom is 0.191 e. The lowest BCUT2D eigenvalue weighted by Crippen LogP contribution is -2.37. The molecule has 0 unspecified atom stereocenters. The van der Waals surface area contributed by atoms with Crippen LogP contribution in [-0.2, 0) is 19.6 Å². The fraction of sp³-hybridized carbons (Fsp3) is 0.438. The van der Waals surface area contributed by atoms with Gasteiger partial charge in [0.1, 0.15) is 12.1 Å². The summed E-state index contributed by atoms with van der Waals surface area (Å²) in [7, 11) is 1.66. The number of hydrogen-bond donors (Lipinski definition) is 2. The van der Waals surface area contributed by atoms with Gasteiger partial charge < -0.3 is 19.9 Å². The van der Waals surface area contributed by atoms with E-state index in [0.29, 0.717) is 13.1 Å². The van der Waals surface area contributed by atoms with E-state index in [1.54, 1.807) is 13.4 Å². The van der Waals surface area contributed by atoms with Crippen LogP contribution in [0.25, 0.3) is 0 Å². The summed E-state index contributed by atoms with van der Waals surface area (Å²) in [5.41, 5.74) is 1.12. The number of rotatable bonds is 7. The molecule has 7 nitrogen and oxygen atoms in total. The van der Waals surface area contributed by atoms with Crippen LogP contribution in [0.1, 0.15) is 25.2 Å². The third-order valence-corrected chi connectivity index (χ3v) is 3.37. The van der Waals surface area contributed by atoms with Gasteiger partial charge in [-0.05, 0) is 31.5 Å². The van der Waals surface area contributed by atoms with E-state index in [1.165, 1.54) is 0 Å². The molecule has 0 saturated heterocycles. The number of guanidine groups is 1. The topological polar surface area (TPSA) is 76.4 Å². The number of aliphatic imine (C=N–C) groups is 1. The smallest absolute Gasteiger partial charge is 0.191 e. The van der Waals surface area contributed by atoms with Crippen molar-refractivity contribution in [1.29, 1.82) is 0 Å². The van der Waals surface area contributed by atoms with Crippen LogP contribution in [0.5, 0.6) is 5.75 Å². The molecule has 1 aromatic heterocycles. The van der Waals surface area contributed by atoms with Crippen molar-refractivity contribution in [3.05, 3.63) is 42.0 Å². The van der Waals surface area contributed by atoms with Crippen LogP contribution in [0.2, 0.25) is 0 Å². The molecule has 0 bridgehead atoms. The van der Waals surface area contributed by atoms with Crippen molar-refractivity contribution in [1.82, 2.24) is 25.4 Å². The number of benzene rings is 1. The van der Waals surface area contributed by atoms with Gasteiger partial charge in [0.2, 0.25) is 0 Å². The molecule has 0 spiro atoms. The van der Waals surface area contributed by atoms with Gasteiger partial charge in [-0.25, -0.2) is 4.99 Å². The molecule has 0 atom stereocenters. The molecular formula is C16H25IN6O. The Morgan fingerprint density at radius 2 is 1.96 bits per heavy atom. The van der Waals surface area contributed by atoms with Gasteiger partial charge in [0.25, 0.3) is 0 Å². The Balaban J connectivity index is 0.00000288. The van der Waals surface area contributed by atoms with Gasteiger partial charge in [-0.2, -0.15) is 0 Å². The van der Waals surface area contributed by atoms with Gasteiger partial charge in [-0.3, -0.25) is 0 Å². The molecule has 1 aromatic carbocycles. The van der Waals surface area contributed by atoms with Crippen molar-refractivity contribution < 1.29 is 4.74 Å². The van der Waals surface area contributed by atoms with Gasteiger partial charge in [0.05, 0.1) is 20.2 Å². The SMILES string of the molecule is CCNC(=NCc1ccc(OC)cc1)NCc1nncn1CC.I. The average molecular weight is 444 g/mol. The lowest BCUT2D eigenvalue weighted by atomic mass is 10.2. The molecule has 0 aliphatic carbocycles. The second kappa shape index (κ2) is 10.8. The van der Waals surface area contributed by atoms with Crippen LogP contribution in [0.3, 0.4) is 0 Å². The fourth-order valence-corrected chi connectivity index (χ4v) is 2.09. The molecule has 0 aliphatic heterocycles. The lowest BCUT2D eigenvalue weighted by Gasteiger charge is -2.11. The Morgan fingerprint density at radius 3 is 2.58 bits per heavy atom. The maximum atomic E-state index is 5.16. The Bertz CT molecular complexity index is 626. The van der Waals surface area contributed by atoms with Crippen molar-refractivity contribution in [2.24, 2.45) is 4.99 Å². The normalized spacial score (nSPS) is 10.9. The number of aryl methyl sites for hydroxylation is 1. The summed E-state index contributed by atoms with van der Waals surface area (Å²) < 4.78 is 7.16. The van der Waals surface area contributed by atoms with E-state index in [9.17, 15) is 0 Å². The zero-order chi connectivity index (χ0) is 16.5. The Labute approximate surface area is 159 Å². The zero-order valence-corrected chi connectivity index (χ0v) is 16.7. The molecule has 1 heterocycles. The molecular weight excluding hydrogens is 419 g/mol. The lowest BCUT2D eigenvalue weighted by molar-refractivity contribution is 0.414. The van der Waals surface area contributed by atoms with Crippen LogP contribution in [0, 0.1) is 0 Å². The number of halogens is 1. The summed E-state index contributed by atoms with van der Waals surface area (Å²) in [6, 6.07) is 7.91. The average Bonchev–Trinajstić information content (AvgIpc) is 3.05. The second-order valence-electron chi connectivity index (χ2n) is 4.93.